The van der Waals surface area contributed by atoms with Crippen LogP contribution in [-0.4, -0.2) is 72.3 Å². The smallest absolute Gasteiger partial charge is 0.275 e. The van der Waals surface area contributed by atoms with Crippen LogP contribution in [0.1, 0.15) is 51.6 Å². The number of hydrogen-bond donors (Lipinski definition) is 2. The summed E-state index contributed by atoms with van der Waals surface area (Å²) in [5, 5.41) is 17.1. The van der Waals surface area contributed by atoms with Crippen molar-refractivity contribution >= 4 is 29.4 Å². The highest BCUT2D eigenvalue weighted by Crippen LogP contribution is 2.40. The molecule has 12 heteroatoms. The molecule has 0 saturated heterocycles. The number of nitrogens with zero attached hydrogens (tertiary/aromatic N) is 7. The van der Waals surface area contributed by atoms with Gasteiger partial charge in [-0.1, -0.05) is 13.8 Å². The van der Waals surface area contributed by atoms with E-state index in [2.05, 4.69) is 38.7 Å². The summed E-state index contributed by atoms with van der Waals surface area (Å²) in [7, 11) is 1.66. The van der Waals surface area contributed by atoms with Gasteiger partial charge < -0.3 is 24.5 Å². The number of pyridine rings is 2. The molecule has 2 N–H and O–H groups in total. The maximum atomic E-state index is 13.8. The Balaban J connectivity index is 1.20. The molecule has 3 aliphatic rings. The van der Waals surface area contributed by atoms with Crippen molar-refractivity contribution in [2.75, 3.05) is 36.5 Å². The van der Waals surface area contributed by atoms with Gasteiger partial charge in [-0.05, 0) is 36.0 Å². The molecular weight excluding hydrogens is 560 g/mol. The Labute approximate surface area is 254 Å². The number of carbonyl (C=O) groups is 2. The molecule has 1 aliphatic carbocycles. The Kier molecular flexibility index (Phi) is 6.78. The van der Waals surface area contributed by atoms with Crippen molar-refractivity contribution in [3.8, 4) is 11.1 Å². The molecule has 0 fully saturated rings. The zero-order valence-electron chi connectivity index (χ0n) is 25.2. The summed E-state index contributed by atoms with van der Waals surface area (Å²) in [6, 6.07) is 5.62. The number of amides is 1. The Morgan fingerprint density at radius 2 is 1.91 bits per heavy atom. The van der Waals surface area contributed by atoms with Crippen molar-refractivity contribution < 1.29 is 14.7 Å². The minimum atomic E-state index is -0.249. The summed E-state index contributed by atoms with van der Waals surface area (Å²) in [6.07, 6.45) is 7.47. The van der Waals surface area contributed by atoms with Gasteiger partial charge in [0.1, 0.15) is 11.4 Å². The van der Waals surface area contributed by atoms with Crippen LogP contribution in [0, 0.1) is 5.41 Å². The lowest BCUT2D eigenvalue weighted by molar-refractivity contribution is 0.0964. The largest absolute Gasteiger partial charge is 0.395 e. The molecule has 0 unspecified atom stereocenters. The normalized spacial score (nSPS) is 17.4. The quantitative estimate of drug-likeness (QED) is 0.312. The van der Waals surface area contributed by atoms with Gasteiger partial charge in [-0.3, -0.25) is 28.9 Å². The molecule has 4 aromatic heterocycles. The first kappa shape index (κ1) is 28.2. The maximum absolute atomic E-state index is 13.8. The number of aromatic nitrogens is 5. The van der Waals surface area contributed by atoms with Crippen LogP contribution in [0.25, 0.3) is 11.1 Å². The minimum absolute atomic E-state index is 0.0979. The highest BCUT2D eigenvalue weighted by atomic mass is 16.3. The Morgan fingerprint density at radius 1 is 1.07 bits per heavy atom. The zero-order valence-corrected chi connectivity index (χ0v) is 25.2. The molecule has 6 heterocycles. The first-order valence-corrected chi connectivity index (χ1v) is 15.0. The van der Waals surface area contributed by atoms with Crippen LogP contribution in [0.2, 0.25) is 0 Å². The molecule has 0 bridgehead atoms. The average Bonchev–Trinajstić information content (AvgIpc) is 3.64. The molecule has 7 rings (SSSR count). The standard InChI is InChI=1S/C32H36N8O4/c1-32(2)13-20-11-26-31(44)39(6-5-38(26)27(20)14-32)28-16-33-15-23(24(28)19-42)21-10-25(30(43)36(3)17-21)34-29-12-22-18-37(8-9-41)4-7-40(22)35-29/h10-12,15-17,19,41H,4-9,13-14,18H2,1-3H3,(H,34,35). The highest BCUT2D eigenvalue weighted by Gasteiger charge is 2.37. The van der Waals surface area contributed by atoms with E-state index in [1.54, 1.807) is 36.6 Å². The molecule has 0 aromatic carbocycles. The number of aryl methyl sites for hydroxylation is 1. The van der Waals surface area contributed by atoms with Gasteiger partial charge in [0.25, 0.3) is 11.5 Å². The molecule has 44 heavy (non-hydrogen) atoms. The van der Waals surface area contributed by atoms with Crippen LogP contribution in [0.3, 0.4) is 0 Å². The third-order valence-electron chi connectivity index (χ3n) is 9.05. The predicted octanol–water partition coefficient (Wildman–Crippen LogP) is 2.59. The van der Waals surface area contributed by atoms with E-state index in [0.717, 1.165) is 31.4 Å². The van der Waals surface area contributed by atoms with Crippen LogP contribution in [0.5, 0.6) is 0 Å². The lowest BCUT2D eigenvalue weighted by Crippen LogP contribution is -2.41. The Morgan fingerprint density at radius 3 is 2.70 bits per heavy atom. The van der Waals surface area contributed by atoms with Crippen molar-refractivity contribution in [1.29, 1.82) is 0 Å². The summed E-state index contributed by atoms with van der Waals surface area (Å²) in [4.78, 5) is 47.8. The molecule has 4 aromatic rings. The molecule has 0 saturated carbocycles. The van der Waals surface area contributed by atoms with E-state index in [4.69, 9.17) is 0 Å². The number of β-amino-alcohol motifs (C(OH)–C–C–N with tert-alkyl or cyclic N) is 1. The molecule has 228 valence electrons. The zero-order chi connectivity index (χ0) is 30.7. The van der Waals surface area contributed by atoms with E-state index in [1.807, 2.05) is 16.8 Å². The van der Waals surface area contributed by atoms with E-state index >= 15 is 0 Å². The van der Waals surface area contributed by atoms with E-state index < -0.39 is 0 Å². The van der Waals surface area contributed by atoms with Crippen molar-refractivity contribution in [3.05, 3.63) is 75.4 Å². The monoisotopic (exact) mass is 596 g/mol. The number of anilines is 3. The fourth-order valence-corrected chi connectivity index (χ4v) is 6.97. The molecule has 0 radical (unpaired) electrons. The van der Waals surface area contributed by atoms with Crippen LogP contribution >= 0.6 is 0 Å². The van der Waals surface area contributed by atoms with E-state index in [9.17, 15) is 19.5 Å². The number of nitrogens with one attached hydrogen (secondary N) is 1. The van der Waals surface area contributed by atoms with Gasteiger partial charge in [0.2, 0.25) is 0 Å². The first-order valence-electron chi connectivity index (χ1n) is 15.0. The summed E-state index contributed by atoms with van der Waals surface area (Å²) in [5.41, 5.74) is 6.29. The summed E-state index contributed by atoms with van der Waals surface area (Å²) in [6.45, 7) is 8.41. The topological polar surface area (TPSA) is 131 Å². The van der Waals surface area contributed by atoms with Crippen molar-refractivity contribution in [2.45, 2.75) is 46.3 Å². The maximum Gasteiger partial charge on any atom is 0.275 e. The van der Waals surface area contributed by atoms with E-state index in [-0.39, 0.29) is 23.5 Å². The van der Waals surface area contributed by atoms with Gasteiger partial charge in [0.05, 0.1) is 30.7 Å². The molecule has 1 amide bonds. The molecule has 0 spiro atoms. The predicted molar refractivity (Wildman–Crippen MR) is 165 cm³/mol. The molecule has 12 nitrogen and oxygen atoms in total. The average molecular weight is 597 g/mol. The van der Waals surface area contributed by atoms with Crippen molar-refractivity contribution in [3.63, 3.8) is 0 Å². The number of aldehydes is 1. The SMILES string of the molecule is Cn1cc(-c2cncc(N3CCn4c(cc5c4CC(C)(C)C5)C3=O)c2C=O)cc(Nc2cc3n(n2)CCN(CCO)C3)c1=O. The third-order valence-corrected chi connectivity index (χ3v) is 9.05. The lowest BCUT2D eigenvalue weighted by atomic mass is 9.90. The third kappa shape index (κ3) is 4.74. The number of fused-ring (bicyclic) bond motifs is 4. The number of aliphatic hydroxyl groups excluding tert-OH is 1. The van der Waals surface area contributed by atoms with E-state index in [1.165, 1.54) is 15.8 Å². The molecule has 0 atom stereocenters. The van der Waals surface area contributed by atoms with Gasteiger partial charge in [0, 0.05) is 80.6 Å². The van der Waals surface area contributed by atoms with E-state index in [0.29, 0.717) is 72.3 Å². The van der Waals surface area contributed by atoms with Gasteiger partial charge in [-0.15, -0.1) is 0 Å². The summed E-state index contributed by atoms with van der Waals surface area (Å²) >= 11 is 0. The fraction of sp³-hybridized carbons (Fsp3) is 0.406. The Hall–Kier alpha value is -4.55. The number of rotatable bonds is 7. The van der Waals surface area contributed by atoms with Gasteiger partial charge >= 0.3 is 0 Å². The first-order chi connectivity index (χ1) is 21.2. The number of hydrogen-bond acceptors (Lipinski definition) is 8. The second-order valence-corrected chi connectivity index (χ2v) is 12.8. The van der Waals surface area contributed by atoms with Gasteiger partial charge in [-0.2, -0.15) is 5.10 Å². The van der Waals surface area contributed by atoms with Crippen molar-refractivity contribution in [2.24, 2.45) is 12.5 Å². The van der Waals surface area contributed by atoms with Gasteiger partial charge in [0.15, 0.2) is 12.1 Å². The highest BCUT2D eigenvalue weighted by molar-refractivity contribution is 6.09. The molecular formula is C32H36N8O4. The number of carbonyl (C=O) groups excluding carboxylic acids is 2. The number of aliphatic hydroxyl groups is 1. The lowest BCUT2D eigenvalue weighted by Gasteiger charge is -2.31. The van der Waals surface area contributed by atoms with Crippen LogP contribution in [0.4, 0.5) is 17.2 Å². The second-order valence-electron chi connectivity index (χ2n) is 12.8. The molecule has 2 aliphatic heterocycles. The van der Waals surface area contributed by atoms with Crippen LogP contribution < -0.4 is 15.8 Å². The van der Waals surface area contributed by atoms with Crippen LogP contribution in [-0.2, 0) is 39.5 Å². The summed E-state index contributed by atoms with van der Waals surface area (Å²) < 4.78 is 5.51. The second kappa shape index (κ2) is 10.6. The Bertz CT molecular complexity index is 1870. The minimum Gasteiger partial charge on any atom is -0.395 e. The summed E-state index contributed by atoms with van der Waals surface area (Å²) in [5.74, 6) is 0.398. The van der Waals surface area contributed by atoms with Gasteiger partial charge in [-0.25, -0.2) is 0 Å². The van der Waals surface area contributed by atoms with Crippen molar-refractivity contribution in [1.82, 2.24) is 28.8 Å². The van der Waals surface area contributed by atoms with Crippen LogP contribution in [0.15, 0.2) is 41.6 Å². The fourth-order valence-electron chi connectivity index (χ4n) is 6.97.